The van der Waals surface area contributed by atoms with E-state index in [1.165, 1.54) is 0 Å². The molecule has 0 aliphatic carbocycles. The van der Waals surface area contributed by atoms with E-state index in [0.29, 0.717) is 13.2 Å². The van der Waals surface area contributed by atoms with E-state index in [-0.39, 0.29) is 17.7 Å². The van der Waals surface area contributed by atoms with Crippen LogP contribution in [0.5, 0.6) is 5.75 Å². The van der Waals surface area contributed by atoms with Crippen molar-refractivity contribution in [2.24, 2.45) is 0 Å². The zero-order valence-corrected chi connectivity index (χ0v) is 13.3. The van der Waals surface area contributed by atoms with Gasteiger partial charge in [0.15, 0.2) is 0 Å². The highest BCUT2D eigenvalue weighted by molar-refractivity contribution is 5.78. The number of ether oxygens (including phenoxy) is 1. The number of piperazine rings is 1. The first-order chi connectivity index (χ1) is 10.6. The van der Waals surface area contributed by atoms with Crippen molar-refractivity contribution < 1.29 is 14.6 Å². The van der Waals surface area contributed by atoms with Gasteiger partial charge in [0.25, 0.3) is 0 Å². The van der Waals surface area contributed by atoms with E-state index in [1.54, 1.807) is 19.2 Å². The minimum absolute atomic E-state index is 0.0378. The summed E-state index contributed by atoms with van der Waals surface area (Å²) in [5.41, 5.74) is 1.11. The summed E-state index contributed by atoms with van der Waals surface area (Å²) in [6.07, 6.45) is 0. The molecule has 6 nitrogen and oxygen atoms in total. The number of carbonyl (C=O) groups is 1. The molecule has 1 amide bonds. The number of hydrogen-bond donors (Lipinski definition) is 2. The summed E-state index contributed by atoms with van der Waals surface area (Å²) in [4.78, 5) is 16.4. The largest absolute Gasteiger partial charge is 0.508 e. The van der Waals surface area contributed by atoms with E-state index in [1.807, 2.05) is 19.1 Å². The molecule has 0 bridgehead atoms. The van der Waals surface area contributed by atoms with Gasteiger partial charge in [-0.15, -0.1) is 0 Å². The first-order valence-corrected chi connectivity index (χ1v) is 7.63. The summed E-state index contributed by atoms with van der Waals surface area (Å²) in [6, 6.07) is 7.28. The fourth-order valence-electron chi connectivity index (χ4n) is 2.64. The highest BCUT2D eigenvalue weighted by atomic mass is 16.5. The van der Waals surface area contributed by atoms with Gasteiger partial charge in [0, 0.05) is 45.0 Å². The Labute approximate surface area is 131 Å². The molecule has 1 fully saturated rings. The Balaban J connectivity index is 1.75. The molecule has 2 rings (SSSR count). The maximum atomic E-state index is 11.9. The number of anilines is 1. The van der Waals surface area contributed by atoms with Crippen molar-refractivity contribution in [2.75, 3.05) is 51.3 Å². The number of carbonyl (C=O) groups excluding carboxylic acids is 1. The van der Waals surface area contributed by atoms with Crippen molar-refractivity contribution in [3.05, 3.63) is 24.3 Å². The number of amides is 1. The van der Waals surface area contributed by atoms with E-state index in [9.17, 15) is 9.90 Å². The van der Waals surface area contributed by atoms with Crippen molar-refractivity contribution >= 4 is 11.6 Å². The Morgan fingerprint density at radius 1 is 1.27 bits per heavy atom. The number of methoxy groups -OCH3 is 1. The quantitative estimate of drug-likeness (QED) is 0.808. The minimum atomic E-state index is 0.0378. The van der Waals surface area contributed by atoms with Gasteiger partial charge in [-0.25, -0.2) is 0 Å². The van der Waals surface area contributed by atoms with E-state index >= 15 is 0 Å². The Morgan fingerprint density at radius 2 is 1.91 bits per heavy atom. The van der Waals surface area contributed by atoms with Crippen molar-refractivity contribution in [1.29, 1.82) is 0 Å². The fourth-order valence-corrected chi connectivity index (χ4v) is 2.64. The van der Waals surface area contributed by atoms with Crippen molar-refractivity contribution in [3.63, 3.8) is 0 Å². The van der Waals surface area contributed by atoms with Crippen LogP contribution in [0, 0.1) is 0 Å². The van der Waals surface area contributed by atoms with Crippen molar-refractivity contribution in [3.8, 4) is 5.75 Å². The molecule has 0 radical (unpaired) electrons. The van der Waals surface area contributed by atoms with Gasteiger partial charge >= 0.3 is 0 Å². The monoisotopic (exact) mass is 307 g/mol. The smallest absolute Gasteiger partial charge is 0.234 e. The lowest BCUT2D eigenvalue weighted by Gasteiger charge is -2.35. The number of benzene rings is 1. The number of rotatable bonds is 6. The molecule has 0 spiro atoms. The SMILES string of the molecule is COCC(C)NC(=O)CN1CCN(c2ccc(O)cc2)CC1. The molecular formula is C16H25N3O3. The molecule has 1 heterocycles. The maximum Gasteiger partial charge on any atom is 0.234 e. The molecule has 1 atom stereocenters. The van der Waals surface area contributed by atoms with Crippen molar-refractivity contribution in [1.82, 2.24) is 10.2 Å². The van der Waals surface area contributed by atoms with Crippen LogP contribution in [0.15, 0.2) is 24.3 Å². The number of nitrogens with zero attached hydrogens (tertiary/aromatic N) is 2. The third-order valence-electron chi connectivity index (χ3n) is 3.78. The molecule has 0 saturated carbocycles. The average Bonchev–Trinajstić information content (AvgIpc) is 2.49. The van der Waals surface area contributed by atoms with Crippen LogP contribution < -0.4 is 10.2 Å². The van der Waals surface area contributed by atoms with Gasteiger partial charge in [0.2, 0.25) is 5.91 Å². The molecule has 1 aromatic rings. The second-order valence-electron chi connectivity index (χ2n) is 5.70. The summed E-state index contributed by atoms with van der Waals surface area (Å²) in [5, 5.41) is 12.3. The standard InChI is InChI=1S/C16H25N3O3/c1-13(12-22-2)17-16(21)11-18-7-9-19(10-8-18)14-3-5-15(20)6-4-14/h3-6,13,20H,7-12H2,1-2H3,(H,17,21). The lowest BCUT2D eigenvalue weighted by atomic mass is 10.2. The van der Waals surface area contributed by atoms with Crippen LogP contribution in [0.1, 0.15) is 6.92 Å². The van der Waals surface area contributed by atoms with Crippen LogP contribution in [-0.2, 0) is 9.53 Å². The molecule has 22 heavy (non-hydrogen) atoms. The van der Waals surface area contributed by atoms with E-state index in [2.05, 4.69) is 15.1 Å². The van der Waals surface area contributed by atoms with Gasteiger partial charge in [-0.3, -0.25) is 9.69 Å². The zero-order chi connectivity index (χ0) is 15.9. The zero-order valence-electron chi connectivity index (χ0n) is 13.3. The van der Waals surface area contributed by atoms with Crippen LogP contribution in [0.25, 0.3) is 0 Å². The van der Waals surface area contributed by atoms with E-state index in [4.69, 9.17) is 4.74 Å². The van der Waals surface area contributed by atoms with E-state index < -0.39 is 0 Å². The number of phenols is 1. The van der Waals surface area contributed by atoms with Gasteiger partial charge in [-0.1, -0.05) is 0 Å². The molecule has 122 valence electrons. The first kappa shape index (κ1) is 16.6. The number of nitrogens with one attached hydrogen (secondary N) is 1. The molecule has 1 aromatic carbocycles. The minimum Gasteiger partial charge on any atom is -0.508 e. The molecule has 1 saturated heterocycles. The van der Waals surface area contributed by atoms with Gasteiger partial charge in [0.1, 0.15) is 5.75 Å². The van der Waals surface area contributed by atoms with Gasteiger partial charge in [-0.2, -0.15) is 0 Å². The van der Waals surface area contributed by atoms with Crippen LogP contribution in [0.3, 0.4) is 0 Å². The molecule has 6 heteroatoms. The Hall–Kier alpha value is -1.79. The summed E-state index contributed by atoms with van der Waals surface area (Å²) < 4.78 is 5.01. The lowest BCUT2D eigenvalue weighted by molar-refractivity contribution is -0.123. The highest BCUT2D eigenvalue weighted by Gasteiger charge is 2.19. The number of aromatic hydroxyl groups is 1. The summed E-state index contributed by atoms with van der Waals surface area (Å²) in [6.45, 7) is 6.36. The van der Waals surface area contributed by atoms with Gasteiger partial charge in [0.05, 0.1) is 13.2 Å². The Kier molecular flexibility index (Phi) is 6.03. The normalized spacial score (nSPS) is 17.3. The van der Waals surface area contributed by atoms with Crippen LogP contribution >= 0.6 is 0 Å². The molecule has 2 N–H and O–H groups in total. The molecule has 1 unspecified atom stereocenters. The highest BCUT2D eigenvalue weighted by Crippen LogP contribution is 2.19. The predicted molar refractivity (Wildman–Crippen MR) is 86.2 cm³/mol. The first-order valence-electron chi connectivity index (χ1n) is 7.63. The molecule has 1 aliphatic rings. The fraction of sp³-hybridized carbons (Fsp3) is 0.562. The van der Waals surface area contributed by atoms with Gasteiger partial charge in [-0.05, 0) is 31.2 Å². The predicted octanol–water partition coefficient (Wildman–Crippen LogP) is 0.665. The second kappa shape index (κ2) is 8.00. The topological polar surface area (TPSA) is 65.0 Å². The summed E-state index contributed by atoms with van der Waals surface area (Å²) in [7, 11) is 1.63. The van der Waals surface area contributed by atoms with Crippen LogP contribution in [0.4, 0.5) is 5.69 Å². The average molecular weight is 307 g/mol. The lowest BCUT2D eigenvalue weighted by Crippen LogP contribution is -2.50. The third kappa shape index (κ3) is 4.89. The summed E-state index contributed by atoms with van der Waals surface area (Å²) >= 11 is 0. The molecular weight excluding hydrogens is 282 g/mol. The Morgan fingerprint density at radius 3 is 2.50 bits per heavy atom. The van der Waals surface area contributed by atoms with Crippen LogP contribution in [0.2, 0.25) is 0 Å². The third-order valence-corrected chi connectivity index (χ3v) is 3.78. The van der Waals surface area contributed by atoms with Crippen molar-refractivity contribution in [2.45, 2.75) is 13.0 Å². The number of phenolic OH excluding ortho intramolecular Hbond substituents is 1. The molecule has 1 aliphatic heterocycles. The Bertz CT molecular complexity index is 470. The van der Waals surface area contributed by atoms with E-state index in [0.717, 1.165) is 31.9 Å². The van der Waals surface area contributed by atoms with Gasteiger partial charge < -0.3 is 20.1 Å². The summed E-state index contributed by atoms with van der Waals surface area (Å²) in [5.74, 6) is 0.326. The maximum absolute atomic E-state index is 11.9. The number of hydrogen-bond acceptors (Lipinski definition) is 5. The van der Waals surface area contributed by atoms with Crippen LogP contribution in [-0.4, -0.2) is 68.4 Å². The molecule has 0 aromatic heterocycles. The second-order valence-corrected chi connectivity index (χ2v) is 5.70.